The topological polar surface area (TPSA) is 47.4 Å². The van der Waals surface area contributed by atoms with Crippen LogP contribution < -0.4 is 4.90 Å². The van der Waals surface area contributed by atoms with Gasteiger partial charge in [0.1, 0.15) is 0 Å². The fourth-order valence-corrected chi connectivity index (χ4v) is 4.92. The van der Waals surface area contributed by atoms with Crippen molar-refractivity contribution in [3.63, 3.8) is 0 Å². The molecule has 0 aliphatic carbocycles. The molecule has 2 atom stereocenters. The van der Waals surface area contributed by atoms with Gasteiger partial charge in [0.15, 0.2) is 5.16 Å². The van der Waals surface area contributed by atoms with Crippen LogP contribution in [0.3, 0.4) is 0 Å². The first-order valence-corrected chi connectivity index (χ1v) is 11.8. The second-order valence-corrected chi connectivity index (χ2v) is 9.02. The van der Waals surface area contributed by atoms with E-state index < -0.39 is 0 Å². The summed E-state index contributed by atoms with van der Waals surface area (Å²) in [6.07, 6.45) is 4.26. The maximum absolute atomic E-state index is 13.3. The molecule has 0 spiro atoms. The molecule has 1 fully saturated rings. The first-order valence-electron chi connectivity index (χ1n) is 10.9. The van der Waals surface area contributed by atoms with Gasteiger partial charge in [-0.1, -0.05) is 60.3 Å². The second kappa shape index (κ2) is 10.2. The molecule has 0 bridgehead atoms. The standard InChI is InChI=1S/C25H29N3O2S/c1-3-27(21-13-8-5-9-14-21)24(29)19(2)31-25-26-17-23(20-11-6-4-7-12-20)28(25)18-22-15-10-16-30-22/h4-9,11-14,17,19,22H,3,10,15-16,18H2,1-2H3. The molecule has 3 aromatic rings. The summed E-state index contributed by atoms with van der Waals surface area (Å²) in [5.74, 6) is 0.0895. The zero-order valence-electron chi connectivity index (χ0n) is 18.1. The number of rotatable bonds is 8. The molecule has 0 N–H and O–H groups in total. The number of carbonyl (C=O) groups is 1. The molecule has 0 saturated carbocycles. The van der Waals surface area contributed by atoms with E-state index in [2.05, 4.69) is 16.7 Å². The van der Waals surface area contributed by atoms with Crippen LogP contribution in [0.5, 0.6) is 0 Å². The van der Waals surface area contributed by atoms with Crippen LogP contribution in [0.2, 0.25) is 0 Å². The molecule has 31 heavy (non-hydrogen) atoms. The number of hydrogen-bond donors (Lipinski definition) is 0. The van der Waals surface area contributed by atoms with Crippen LogP contribution in [0.4, 0.5) is 5.69 Å². The Kier molecular flexibility index (Phi) is 7.10. The third kappa shape index (κ3) is 5.02. The van der Waals surface area contributed by atoms with Gasteiger partial charge in [-0.25, -0.2) is 4.98 Å². The molecule has 1 amide bonds. The molecule has 5 nitrogen and oxygen atoms in total. The van der Waals surface area contributed by atoms with Gasteiger partial charge in [0, 0.05) is 18.8 Å². The molecular weight excluding hydrogens is 406 g/mol. The number of hydrogen-bond acceptors (Lipinski definition) is 4. The molecular formula is C25H29N3O2S. The predicted molar refractivity (Wildman–Crippen MR) is 126 cm³/mol. The van der Waals surface area contributed by atoms with Crippen LogP contribution in [-0.2, 0) is 16.1 Å². The number of imidazole rings is 1. The molecule has 1 aromatic heterocycles. The van der Waals surface area contributed by atoms with Crippen LogP contribution in [0.15, 0.2) is 72.0 Å². The third-order valence-corrected chi connectivity index (χ3v) is 6.67. The van der Waals surface area contributed by atoms with Crippen molar-refractivity contribution in [2.75, 3.05) is 18.1 Å². The normalized spacial score (nSPS) is 16.9. The number of thioether (sulfide) groups is 1. The molecule has 0 radical (unpaired) electrons. The Morgan fingerprint density at radius 1 is 1.19 bits per heavy atom. The minimum atomic E-state index is -0.255. The van der Waals surface area contributed by atoms with Gasteiger partial charge >= 0.3 is 0 Å². The van der Waals surface area contributed by atoms with Crippen molar-refractivity contribution in [3.05, 3.63) is 66.9 Å². The number of aromatic nitrogens is 2. The zero-order chi connectivity index (χ0) is 21.6. The lowest BCUT2D eigenvalue weighted by atomic mass is 10.1. The Morgan fingerprint density at radius 3 is 2.55 bits per heavy atom. The molecule has 1 aliphatic rings. The van der Waals surface area contributed by atoms with Gasteiger partial charge in [-0.05, 0) is 44.4 Å². The van der Waals surface area contributed by atoms with E-state index in [1.54, 1.807) is 0 Å². The van der Waals surface area contributed by atoms with Crippen molar-refractivity contribution in [3.8, 4) is 11.3 Å². The van der Waals surface area contributed by atoms with Gasteiger partial charge in [-0.15, -0.1) is 0 Å². The quantitative estimate of drug-likeness (QED) is 0.453. The number of nitrogens with zero attached hydrogens (tertiary/aromatic N) is 3. The molecule has 1 saturated heterocycles. The van der Waals surface area contributed by atoms with Gasteiger partial charge in [0.2, 0.25) is 5.91 Å². The van der Waals surface area contributed by atoms with Gasteiger partial charge in [-0.2, -0.15) is 0 Å². The van der Waals surface area contributed by atoms with Crippen molar-refractivity contribution < 1.29 is 9.53 Å². The summed E-state index contributed by atoms with van der Waals surface area (Å²) in [5.41, 5.74) is 3.11. The average Bonchev–Trinajstić information content (AvgIpc) is 3.46. The second-order valence-electron chi connectivity index (χ2n) is 7.72. The maximum atomic E-state index is 13.3. The van der Waals surface area contributed by atoms with Crippen molar-refractivity contribution >= 4 is 23.4 Å². The molecule has 2 unspecified atom stereocenters. The third-order valence-electron chi connectivity index (χ3n) is 5.58. The lowest BCUT2D eigenvalue weighted by molar-refractivity contribution is -0.117. The minimum Gasteiger partial charge on any atom is -0.376 e. The first kappa shape index (κ1) is 21.7. The minimum absolute atomic E-state index is 0.0895. The number of carbonyl (C=O) groups excluding carboxylic acids is 1. The summed E-state index contributed by atoms with van der Waals surface area (Å²) in [6, 6.07) is 20.1. The summed E-state index contributed by atoms with van der Waals surface area (Å²) in [6.45, 7) is 6.18. The summed E-state index contributed by atoms with van der Waals surface area (Å²) in [4.78, 5) is 19.8. The van der Waals surface area contributed by atoms with Gasteiger partial charge in [0.05, 0.1) is 29.8 Å². The van der Waals surface area contributed by atoms with Crippen molar-refractivity contribution in [1.82, 2.24) is 9.55 Å². The van der Waals surface area contributed by atoms with Gasteiger partial charge < -0.3 is 14.2 Å². The van der Waals surface area contributed by atoms with E-state index in [4.69, 9.17) is 9.72 Å². The molecule has 1 aliphatic heterocycles. The number of benzene rings is 2. The Morgan fingerprint density at radius 2 is 1.90 bits per heavy atom. The lowest BCUT2D eigenvalue weighted by Gasteiger charge is -2.24. The van der Waals surface area contributed by atoms with Crippen molar-refractivity contribution in [2.45, 2.75) is 49.7 Å². The Balaban J connectivity index is 1.58. The van der Waals surface area contributed by atoms with E-state index in [1.807, 2.05) is 73.5 Å². The van der Waals surface area contributed by atoms with Crippen LogP contribution in [-0.4, -0.2) is 40.0 Å². The zero-order valence-corrected chi connectivity index (χ0v) is 18.9. The molecule has 162 valence electrons. The van der Waals surface area contributed by atoms with Crippen LogP contribution >= 0.6 is 11.8 Å². The van der Waals surface area contributed by atoms with E-state index >= 15 is 0 Å². The summed E-state index contributed by atoms with van der Waals surface area (Å²) in [5, 5.41) is 0.605. The number of amides is 1. The molecule has 2 aromatic carbocycles. The molecule has 2 heterocycles. The van der Waals surface area contributed by atoms with E-state index in [0.29, 0.717) is 6.54 Å². The predicted octanol–water partition coefficient (Wildman–Crippen LogP) is 5.26. The SMILES string of the molecule is CCN(C(=O)C(C)Sc1ncc(-c2ccccc2)n1CC1CCCO1)c1ccccc1. The van der Waals surface area contributed by atoms with Crippen molar-refractivity contribution in [1.29, 1.82) is 0 Å². The fourth-order valence-electron chi connectivity index (χ4n) is 3.96. The highest BCUT2D eigenvalue weighted by molar-refractivity contribution is 8.00. The first-order chi connectivity index (χ1) is 15.2. The lowest BCUT2D eigenvalue weighted by Crippen LogP contribution is -2.36. The van der Waals surface area contributed by atoms with Crippen LogP contribution in [0, 0.1) is 0 Å². The highest BCUT2D eigenvalue weighted by Gasteiger charge is 2.26. The monoisotopic (exact) mass is 435 g/mol. The van der Waals surface area contributed by atoms with Crippen LogP contribution in [0.25, 0.3) is 11.3 Å². The molecule has 6 heteroatoms. The Labute approximate surface area is 188 Å². The highest BCUT2D eigenvalue weighted by Crippen LogP contribution is 2.31. The van der Waals surface area contributed by atoms with E-state index in [-0.39, 0.29) is 17.3 Å². The Hall–Kier alpha value is -2.57. The fraction of sp³-hybridized carbons (Fsp3) is 0.360. The largest absolute Gasteiger partial charge is 0.376 e. The summed E-state index contributed by atoms with van der Waals surface area (Å²) < 4.78 is 8.13. The number of ether oxygens (including phenoxy) is 1. The average molecular weight is 436 g/mol. The molecule has 4 rings (SSSR count). The smallest absolute Gasteiger partial charge is 0.240 e. The number of para-hydroxylation sites is 1. The maximum Gasteiger partial charge on any atom is 0.240 e. The van der Waals surface area contributed by atoms with E-state index in [9.17, 15) is 4.79 Å². The number of anilines is 1. The summed E-state index contributed by atoms with van der Waals surface area (Å²) >= 11 is 1.52. The Bertz CT molecular complexity index is 985. The van der Waals surface area contributed by atoms with E-state index in [1.165, 1.54) is 11.8 Å². The highest BCUT2D eigenvalue weighted by atomic mass is 32.2. The van der Waals surface area contributed by atoms with Gasteiger partial charge in [-0.3, -0.25) is 4.79 Å². The van der Waals surface area contributed by atoms with Crippen LogP contribution in [0.1, 0.15) is 26.7 Å². The summed E-state index contributed by atoms with van der Waals surface area (Å²) in [7, 11) is 0. The van der Waals surface area contributed by atoms with Crippen molar-refractivity contribution in [2.24, 2.45) is 0 Å². The van der Waals surface area contributed by atoms with E-state index in [0.717, 1.165) is 48.1 Å². The van der Waals surface area contributed by atoms with Gasteiger partial charge in [0.25, 0.3) is 0 Å².